The number of carbonyl (C=O) groups is 1. The van der Waals surface area contributed by atoms with Crippen molar-refractivity contribution in [2.45, 2.75) is 11.4 Å². The van der Waals surface area contributed by atoms with Crippen LogP contribution in [0.15, 0.2) is 46.0 Å². The maximum Gasteiger partial charge on any atom is 0.281 e. The third-order valence-corrected chi connectivity index (χ3v) is 4.75. The number of hydrogen-bond donors (Lipinski definition) is 1. The van der Waals surface area contributed by atoms with Crippen molar-refractivity contribution in [2.75, 3.05) is 7.11 Å². The molecule has 1 amide bonds. The summed E-state index contributed by atoms with van der Waals surface area (Å²) in [5.74, 6) is -0.277. The summed E-state index contributed by atoms with van der Waals surface area (Å²) < 4.78 is 32.2. The summed E-state index contributed by atoms with van der Waals surface area (Å²) in [6.07, 6.45) is 1.00. The van der Waals surface area contributed by atoms with Gasteiger partial charge in [0.2, 0.25) is 5.91 Å². The minimum atomic E-state index is -4.15. The summed E-state index contributed by atoms with van der Waals surface area (Å²) in [6.45, 7) is 0. The monoisotopic (exact) mass is 409 g/mol. The van der Waals surface area contributed by atoms with Gasteiger partial charge in [0.05, 0.1) is 25.2 Å². The molecule has 2 aromatic rings. The van der Waals surface area contributed by atoms with Crippen LogP contribution in [0.2, 0.25) is 0 Å². The third-order valence-electron chi connectivity index (χ3n) is 2.99. The molecule has 0 aliphatic carbocycles. The van der Waals surface area contributed by atoms with Gasteiger partial charge in [0.25, 0.3) is 10.0 Å². The number of amides is 1. The molecule has 0 unspecified atom stereocenters. The highest BCUT2D eigenvalue weighted by atomic mass is 79.9. The number of ether oxygens (including phenoxy) is 1. The number of aromatic nitrogens is 1. The SMILES string of the molecule is COc1cc(Br)ccc1CC(=O)NS(=O)(=O)c1cc(C#N)ccn1. The molecule has 1 N–H and O–H groups in total. The Labute approximate surface area is 147 Å². The predicted octanol–water partition coefficient (Wildman–Crippen LogP) is 1.77. The molecule has 0 fully saturated rings. The second-order valence-electron chi connectivity index (χ2n) is 4.66. The predicted molar refractivity (Wildman–Crippen MR) is 88.7 cm³/mol. The van der Waals surface area contributed by atoms with Crippen LogP contribution in [0.5, 0.6) is 5.75 Å². The number of nitriles is 1. The third kappa shape index (κ3) is 4.31. The molecule has 9 heteroatoms. The minimum Gasteiger partial charge on any atom is -0.496 e. The number of carbonyl (C=O) groups excluding carboxylic acids is 1. The molecule has 0 spiro atoms. The van der Waals surface area contributed by atoms with Crippen molar-refractivity contribution >= 4 is 31.9 Å². The number of sulfonamides is 1. The lowest BCUT2D eigenvalue weighted by atomic mass is 10.1. The fraction of sp³-hybridized carbons (Fsp3) is 0.133. The number of hydrogen-bond acceptors (Lipinski definition) is 6. The highest BCUT2D eigenvalue weighted by Crippen LogP contribution is 2.24. The van der Waals surface area contributed by atoms with Crippen LogP contribution in [0, 0.1) is 11.3 Å². The smallest absolute Gasteiger partial charge is 0.281 e. The molecule has 0 atom stereocenters. The Bertz CT molecular complexity index is 923. The van der Waals surface area contributed by atoms with Crippen LogP contribution in [0.1, 0.15) is 11.1 Å². The number of nitrogens with one attached hydrogen (secondary N) is 1. The molecule has 0 bridgehead atoms. The van der Waals surface area contributed by atoms with Crippen molar-refractivity contribution < 1.29 is 17.9 Å². The molecule has 0 saturated carbocycles. The minimum absolute atomic E-state index is 0.132. The molecule has 1 aromatic carbocycles. The molecular weight excluding hydrogens is 398 g/mol. The van der Waals surface area contributed by atoms with E-state index in [9.17, 15) is 13.2 Å². The first kappa shape index (κ1) is 17.9. The Hall–Kier alpha value is -2.44. The molecule has 0 aliphatic heterocycles. The van der Waals surface area contributed by atoms with E-state index in [4.69, 9.17) is 10.00 Å². The quantitative estimate of drug-likeness (QED) is 0.805. The zero-order valence-electron chi connectivity index (χ0n) is 12.5. The second-order valence-corrected chi connectivity index (χ2v) is 7.20. The molecule has 7 nitrogen and oxygen atoms in total. The molecule has 0 radical (unpaired) electrons. The molecule has 1 aromatic heterocycles. The number of halogens is 1. The zero-order valence-corrected chi connectivity index (χ0v) is 14.9. The Morgan fingerprint density at radius 2 is 2.12 bits per heavy atom. The molecule has 24 heavy (non-hydrogen) atoms. The van der Waals surface area contributed by atoms with E-state index in [1.807, 2.05) is 10.8 Å². The van der Waals surface area contributed by atoms with E-state index < -0.39 is 21.0 Å². The average molecular weight is 410 g/mol. The summed E-state index contributed by atoms with van der Waals surface area (Å²) in [7, 11) is -2.70. The highest BCUT2D eigenvalue weighted by Gasteiger charge is 2.20. The Balaban J connectivity index is 2.18. The lowest BCUT2D eigenvalue weighted by Crippen LogP contribution is -2.32. The van der Waals surface area contributed by atoms with Crippen LogP contribution in [0.4, 0.5) is 0 Å². The van der Waals surface area contributed by atoms with Crippen molar-refractivity contribution in [3.63, 3.8) is 0 Å². The van der Waals surface area contributed by atoms with Gasteiger partial charge in [-0.15, -0.1) is 0 Å². The largest absolute Gasteiger partial charge is 0.496 e. The van der Waals surface area contributed by atoms with Crippen molar-refractivity contribution in [3.8, 4) is 11.8 Å². The van der Waals surface area contributed by atoms with Crippen LogP contribution < -0.4 is 9.46 Å². The molecular formula is C15H12BrN3O4S. The van der Waals surface area contributed by atoms with E-state index in [0.29, 0.717) is 11.3 Å². The number of pyridine rings is 1. The Morgan fingerprint density at radius 1 is 1.38 bits per heavy atom. The fourth-order valence-electron chi connectivity index (χ4n) is 1.90. The van der Waals surface area contributed by atoms with E-state index in [-0.39, 0.29) is 12.0 Å². The van der Waals surface area contributed by atoms with Crippen LogP contribution >= 0.6 is 15.9 Å². The summed E-state index contributed by atoms with van der Waals surface area (Å²) >= 11 is 3.29. The summed E-state index contributed by atoms with van der Waals surface area (Å²) in [4.78, 5) is 15.7. The van der Waals surface area contributed by atoms with Crippen LogP contribution in [0.25, 0.3) is 0 Å². The second kappa shape index (κ2) is 7.42. The van der Waals surface area contributed by atoms with Crippen molar-refractivity contribution in [1.82, 2.24) is 9.71 Å². The van der Waals surface area contributed by atoms with Gasteiger partial charge in [-0.1, -0.05) is 22.0 Å². The number of nitrogens with zero attached hydrogens (tertiary/aromatic N) is 2. The molecule has 0 saturated heterocycles. The van der Waals surface area contributed by atoms with Gasteiger partial charge in [-0.25, -0.2) is 9.71 Å². The van der Waals surface area contributed by atoms with E-state index in [2.05, 4.69) is 20.9 Å². The fourth-order valence-corrected chi connectivity index (χ4v) is 3.20. The van der Waals surface area contributed by atoms with Gasteiger partial charge in [0.15, 0.2) is 5.03 Å². The standard InChI is InChI=1S/C15H12BrN3O4S/c1-23-13-8-12(16)3-2-11(13)7-14(20)19-24(21,22)15-6-10(9-17)4-5-18-15/h2-6,8H,7H2,1H3,(H,19,20). The topological polar surface area (TPSA) is 109 Å². The van der Waals surface area contributed by atoms with Gasteiger partial charge >= 0.3 is 0 Å². The van der Waals surface area contributed by atoms with Crippen LogP contribution in [-0.4, -0.2) is 26.4 Å². The maximum absolute atomic E-state index is 12.2. The normalized spacial score (nSPS) is 10.7. The molecule has 2 rings (SSSR count). The number of methoxy groups -OCH3 is 1. The first-order valence-electron chi connectivity index (χ1n) is 6.60. The Kier molecular flexibility index (Phi) is 5.54. The van der Waals surface area contributed by atoms with E-state index >= 15 is 0 Å². The van der Waals surface area contributed by atoms with Crippen molar-refractivity contribution in [2.24, 2.45) is 0 Å². The average Bonchev–Trinajstić information content (AvgIpc) is 2.56. The van der Waals surface area contributed by atoms with Gasteiger partial charge in [-0.05, 0) is 24.3 Å². The van der Waals surface area contributed by atoms with E-state index in [1.54, 1.807) is 18.2 Å². The van der Waals surface area contributed by atoms with Gasteiger partial charge in [0.1, 0.15) is 5.75 Å². The van der Waals surface area contributed by atoms with Crippen LogP contribution in [-0.2, 0) is 21.2 Å². The van der Waals surface area contributed by atoms with Gasteiger partial charge in [0, 0.05) is 16.2 Å². The van der Waals surface area contributed by atoms with Crippen molar-refractivity contribution in [3.05, 3.63) is 52.1 Å². The zero-order chi connectivity index (χ0) is 17.7. The summed E-state index contributed by atoms with van der Waals surface area (Å²) in [6, 6.07) is 9.33. The van der Waals surface area contributed by atoms with Crippen molar-refractivity contribution in [1.29, 1.82) is 5.26 Å². The van der Waals surface area contributed by atoms with Gasteiger partial charge in [-0.3, -0.25) is 4.79 Å². The van der Waals surface area contributed by atoms with Gasteiger partial charge < -0.3 is 4.74 Å². The highest BCUT2D eigenvalue weighted by molar-refractivity contribution is 9.10. The van der Waals surface area contributed by atoms with E-state index in [0.717, 1.165) is 10.5 Å². The maximum atomic E-state index is 12.2. The van der Waals surface area contributed by atoms with E-state index in [1.165, 1.54) is 19.4 Å². The first-order valence-corrected chi connectivity index (χ1v) is 8.87. The summed E-state index contributed by atoms with van der Waals surface area (Å²) in [5, 5.41) is 8.42. The lowest BCUT2D eigenvalue weighted by Gasteiger charge is -2.10. The molecule has 0 aliphatic rings. The Morgan fingerprint density at radius 3 is 2.79 bits per heavy atom. The number of rotatable bonds is 5. The molecule has 124 valence electrons. The summed E-state index contributed by atoms with van der Waals surface area (Å²) in [5.41, 5.74) is 0.666. The van der Waals surface area contributed by atoms with Gasteiger partial charge in [-0.2, -0.15) is 13.7 Å². The van der Waals surface area contributed by atoms with Crippen LogP contribution in [0.3, 0.4) is 0 Å². The lowest BCUT2D eigenvalue weighted by molar-refractivity contribution is -0.118. The number of benzene rings is 1. The molecule has 1 heterocycles. The first-order chi connectivity index (χ1) is 11.4.